The zero-order valence-corrected chi connectivity index (χ0v) is 17.3. The molecule has 0 heterocycles. The fourth-order valence-electron chi connectivity index (χ4n) is 3.41. The standard InChI is InChI=1S/C26H29NO2/c1-28-18-16-24-13-14-26(29-2)19-25(24)15-17-27(20-22-9-5-3-6-10-22)21-23-11-7-4-8-12-23/h3-14,16,18-19H,15,17,20-21H2,1-2H3. The Morgan fingerprint density at radius 2 is 1.41 bits per heavy atom. The molecule has 0 spiro atoms. The minimum atomic E-state index is 0.882. The van der Waals surface area contributed by atoms with E-state index in [2.05, 4.69) is 77.7 Å². The molecular weight excluding hydrogens is 358 g/mol. The van der Waals surface area contributed by atoms with E-state index in [1.54, 1.807) is 20.5 Å². The van der Waals surface area contributed by atoms with Gasteiger partial charge in [0, 0.05) is 19.6 Å². The fraction of sp³-hybridized carbons (Fsp3) is 0.231. The molecule has 0 atom stereocenters. The van der Waals surface area contributed by atoms with Crippen LogP contribution in [0, 0.1) is 0 Å². The highest BCUT2D eigenvalue weighted by Crippen LogP contribution is 2.21. The van der Waals surface area contributed by atoms with Crippen LogP contribution >= 0.6 is 0 Å². The highest BCUT2D eigenvalue weighted by atomic mass is 16.5. The van der Waals surface area contributed by atoms with Crippen molar-refractivity contribution in [1.82, 2.24) is 4.90 Å². The van der Waals surface area contributed by atoms with Crippen LogP contribution in [0.1, 0.15) is 22.3 Å². The van der Waals surface area contributed by atoms with E-state index in [-0.39, 0.29) is 0 Å². The molecule has 0 aromatic heterocycles. The molecule has 3 heteroatoms. The summed E-state index contributed by atoms with van der Waals surface area (Å²) in [5, 5.41) is 0. The van der Waals surface area contributed by atoms with E-state index in [0.717, 1.165) is 37.4 Å². The second kappa shape index (κ2) is 11.1. The monoisotopic (exact) mass is 387 g/mol. The smallest absolute Gasteiger partial charge is 0.119 e. The van der Waals surface area contributed by atoms with Crippen molar-refractivity contribution >= 4 is 6.08 Å². The third-order valence-electron chi connectivity index (χ3n) is 4.93. The van der Waals surface area contributed by atoms with Crippen LogP contribution < -0.4 is 4.74 Å². The molecule has 0 amide bonds. The number of ether oxygens (including phenoxy) is 2. The molecule has 0 aliphatic carbocycles. The molecular formula is C26H29NO2. The largest absolute Gasteiger partial charge is 0.504 e. The molecule has 0 aliphatic heterocycles. The quantitative estimate of drug-likeness (QED) is 0.425. The highest BCUT2D eigenvalue weighted by molar-refractivity contribution is 5.55. The number of hydrogen-bond donors (Lipinski definition) is 0. The van der Waals surface area contributed by atoms with E-state index in [1.165, 1.54) is 16.7 Å². The van der Waals surface area contributed by atoms with Gasteiger partial charge >= 0.3 is 0 Å². The van der Waals surface area contributed by atoms with Gasteiger partial charge in [-0.15, -0.1) is 0 Å². The summed E-state index contributed by atoms with van der Waals surface area (Å²) >= 11 is 0. The van der Waals surface area contributed by atoms with Crippen molar-refractivity contribution in [2.75, 3.05) is 20.8 Å². The Balaban J connectivity index is 1.77. The molecule has 0 radical (unpaired) electrons. The molecule has 0 unspecified atom stereocenters. The van der Waals surface area contributed by atoms with Crippen molar-refractivity contribution in [3.63, 3.8) is 0 Å². The first-order chi connectivity index (χ1) is 14.3. The Labute approximate surface area is 174 Å². The minimum Gasteiger partial charge on any atom is -0.504 e. The summed E-state index contributed by atoms with van der Waals surface area (Å²) in [7, 11) is 3.38. The van der Waals surface area contributed by atoms with Crippen molar-refractivity contribution in [1.29, 1.82) is 0 Å². The van der Waals surface area contributed by atoms with Crippen LogP contribution in [0.5, 0.6) is 5.75 Å². The van der Waals surface area contributed by atoms with E-state index in [0.29, 0.717) is 0 Å². The summed E-state index contributed by atoms with van der Waals surface area (Å²) in [6.45, 7) is 2.79. The number of nitrogens with zero attached hydrogens (tertiary/aromatic N) is 1. The van der Waals surface area contributed by atoms with Gasteiger partial charge in [0.25, 0.3) is 0 Å². The van der Waals surface area contributed by atoms with Crippen LogP contribution in [-0.2, 0) is 24.2 Å². The normalized spacial score (nSPS) is 11.1. The third-order valence-corrected chi connectivity index (χ3v) is 4.93. The van der Waals surface area contributed by atoms with E-state index in [4.69, 9.17) is 9.47 Å². The van der Waals surface area contributed by atoms with Crippen molar-refractivity contribution in [2.45, 2.75) is 19.5 Å². The Morgan fingerprint density at radius 3 is 1.97 bits per heavy atom. The molecule has 0 bridgehead atoms. The lowest BCUT2D eigenvalue weighted by molar-refractivity contribution is 0.260. The lowest BCUT2D eigenvalue weighted by Gasteiger charge is -2.23. The summed E-state index contributed by atoms with van der Waals surface area (Å²) in [5.41, 5.74) is 5.07. The number of methoxy groups -OCH3 is 2. The number of hydrogen-bond acceptors (Lipinski definition) is 3. The van der Waals surface area contributed by atoms with Gasteiger partial charge in [-0.1, -0.05) is 66.7 Å². The van der Waals surface area contributed by atoms with Gasteiger partial charge in [-0.3, -0.25) is 4.90 Å². The minimum absolute atomic E-state index is 0.882. The van der Waals surface area contributed by atoms with Gasteiger partial charge in [-0.2, -0.15) is 0 Å². The topological polar surface area (TPSA) is 21.7 Å². The van der Waals surface area contributed by atoms with Crippen molar-refractivity contribution in [3.8, 4) is 5.75 Å². The number of rotatable bonds is 10. The van der Waals surface area contributed by atoms with Crippen LogP contribution in [0.3, 0.4) is 0 Å². The van der Waals surface area contributed by atoms with Crippen LogP contribution in [0.15, 0.2) is 85.1 Å². The van der Waals surface area contributed by atoms with Gasteiger partial charge < -0.3 is 9.47 Å². The average molecular weight is 388 g/mol. The molecule has 3 aromatic rings. The van der Waals surface area contributed by atoms with Crippen molar-refractivity contribution in [2.24, 2.45) is 0 Å². The maximum absolute atomic E-state index is 5.44. The van der Waals surface area contributed by atoms with Gasteiger partial charge in [0.15, 0.2) is 0 Å². The average Bonchev–Trinajstić information content (AvgIpc) is 2.77. The molecule has 3 rings (SSSR count). The highest BCUT2D eigenvalue weighted by Gasteiger charge is 2.10. The van der Waals surface area contributed by atoms with Crippen LogP contribution in [0.4, 0.5) is 0 Å². The third kappa shape index (κ3) is 6.51. The summed E-state index contributed by atoms with van der Waals surface area (Å²) in [5.74, 6) is 0.882. The van der Waals surface area contributed by atoms with Gasteiger partial charge in [-0.25, -0.2) is 0 Å². The molecule has 0 aliphatic rings. The van der Waals surface area contributed by atoms with Crippen molar-refractivity contribution < 1.29 is 9.47 Å². The summed E-state index contributed by atoms with van der Waals surface area (Å²) in [6.07, 6.45) is 4.66. The molecule has 3 aromatic carbocycles. The van der Waals surface area contributed by atoms with Gasteiger partial charge in [0.1, 0.15) is 5.75 Å². The Bertz CT molecular complexity index is 850. The van der Waals surface area contributed by atoms with Gasteiger partial charge in [0.05, 0.1) is 20.5 Å². The Morgan fingerprint density at radius 1 is 0.793 bits per heavy atom. The molecule has 150 valence electrons. The van der Waals surface area contributed by atoms with E-state index < -0.39 is 0 Å². The SMILES string of the molecule is COC=Cc1ccc(OC)cc1CCN(Cc1ccccc1)Cc1ccccc1. The molecule has 0 saturated heterocycles. The predicted molar refractivity (Wildman–Crippen MR) is 120 cm³/mol. The zero-order valence-electron chi connectivity index (χ0n) is 17.3. The predicted octanol–water partition coefficient (Wildman–Crippen LogP) is 5.56. The second-order valence-electron chi connectivity index (χ2n) is 7.04. The lowest BCUT2D eigenvalue weighted by atomic mass is 10.0. The number of benzene rings is 3. The fourth-order valence-corrected chi connectivity index (χ4v) is 3.41. The summed E-state index contributed by atoms with van der Waals surface area (Å²) in [6, 6.07) is 27.5. The Hall–Kier alpha value is -3.04. The molecule has 3 nitrogen and oxygen atoms in total. The Kier molecular flexibility index (Phi) is 7.90. The first-order valence-corrected chi connectivity index (χ1v) is 9.95. The van der Waals surface area contributed by atoms with Crippen LogP contribution in [-0.4, -0.2) is 25.7 Å². The maximum Gasteiger partial charge on any atom is 0.119 e. The first kappa shape index (κ1) is 20.7. The van der Waals surface area contributed by atoms with Crippen molar-refractivity contribution in [3.05, 3.63) is 107 Å². The van der Waals surface area contributed by atoms with Gasteiger partial charge in [0.2, 0.25) is 0 Å². The first-order valence-electron chi connectivity index (χ1n) is 9.95. The zero-order chi connectivity index (χ0) is 20.3. The lowest BCUT2D eigenvalue weighted by Crippen LogP contribution is -2.25. The van der Waals surface area contributed by atoms with E-state index in [1.807, 2.05) is 12.1 Å². The van der Waals surface area contributed by atoms with E-state index in [9.17, 15) is 0 Å². The second-order valence-corrected chi connectivity index (χ2v) is 7.04. The molecule has 29 heavy (non-hydrogen) atoms. The van der Waals surface area contributed by atoms with Crippen LogP contribution in [0.25, 0.3) is 6.08 Å². The summed E-state index contributed by atoms with van der Waals surface area (Å²) in [4.78, 5) is 2.49. The molecule has 0 saturated carbocycles. The van der Waals surface area contributed by atoms with E-state index >= 15 is 0 Å². The maximum atomic E-state index is 5.44. The molecule has 0 N–H and O–H groups in total. The summed E-state index contributed by atoms with van der Waals surface area (Å²) < 4.78 is 10.6. The molecule has 0 fully saturated rings. The van der Waals surface area contributed by atoms with Gasteiger partial charge in [-0.05, 0) is 46.9 Å². The van der Waals surface area contributed by atoms with Crippen LogP contribution in [0.2, 0.25) is 0 Å².